The number of ether oxygens (including phenoxy) is 2. The number of aliphatic imine (C=N–C) groups is 1. The van der Waals surface area contributed by atoms with Crippen molar-refractivity contribution in [2.24, 2.45) is 4.99 Å². The summed E-state index contributed by atoms with van der Waals surface area (Å²) in [5.41, 5.74) is 1.59. The summed E-state index contributed by atoms with van der Waals surface area (Å²) in [7, 11) is 3.39. The van der Waals surface area contributed by atoms with Crippen LogP contribution in [0.2, 0.25) is 0 Å². The number of likely N-dealkylation sites (N-methyl/N-ethyl adjacent to an activating group) is 1. The molecule has 1 heterocycles. The number of nitrogens with zero attached hydrogens (tertiary/aromatic N) is 3. The smallest absolute Gasteiger partial charge is 0.191 e. The minimum absolute atomic E-state index is 0.162. The Morgan fingerprint density at radius 2 is 1.93 bits per heavy atom. The van der Waals surface area contributed by atoms with Gasteiger partial charge in [-0.05, 0) is 30.7 Å². The van der Waals surface area contributed by atoms with Crippen molar-refractivity contribution in [3.8, 4) is 0 Å². The summed E-state index contributed by atoms with van der Waals surface area (Å²) in [4.78, 5) is 8.72. The van der Waals surface area contributed by atoms with E-state index in [2.05, 4.69) is 32.3 Å². The number of guanidine groups is 1. The van der Waals surface area contributed by atoms with Gasteiger partial charge in [-0.15, -0.1) is 0 Å². The summed E-state index contributed by atoms with van der Waals surface area (Å²) in [6.45, 7) is 10.1. The highest BCUT2D eigenvalue weighted by atomic mass is 19.1. The molecular formula is C21H36FN5O2. The predicted molar refractivity (Wildman–Crippen MR) is 116 cm³/mol. The van der Waals surface area contributed by atoms with E-state index >= 15 is 0 Å². The lowest BCUT2D eigenvalue weighted by Gasteiger charge is -2.35. The fourth-order valence-corrected chi connectivity index (χ4v) is 3.25. The molecular weight excluding hydrogens is 373 g/mol. The largest absolute Gasteiger partial charge is 0.382 e. The zero-order valence-electron chi connectivity index (χ0n) is 18.0. The Morgan fingerprint density at radius 3 is 2.59 bits per heavy atom. The number of piperazine rings is 1. The van der Waals surface area contributed by atoms with Crippen molar-refractivity contribution >= 4 is 11.6 Å². The maximum Gasteiger partial charge on any atom is 0.191 e. The average molecular weight is 410 g/mol. The van der Waals surface area contributed by atoms with Crippen LogP contribution < -0.4 is 15.5 Å². The Kier molecular flexibility index (Phi) is 10.8. The van der Waals surface area contributed by atoms with E-state index in [-0.39, 0.29) is 5.82 Å². The highest BCUT2D eigenvalue weighted by Crippen LogP contribution is 2.22. The van der Waals surface area contributed by atoms with Crippen LogP contribution in [-0.2, 0) is 16.0 Å². The van der Waals surface area contributed by atoms with Crippen LogP contribution in [0.25, 0.3) is 0 Å². The van der Waals surface area contributed by atoms with Crippen molar-refractivity contribution in [2.75, 3.05) is 78.1 Å². The third-order valence-corrected chi connectivity index (χ3v) is 5.05. The third-order valence-electron chi connectivity index (χ3n) is 5.05. The quantitative estimate of drug-likeness (QED) is 0.330. The van der Waals surface area contributed by atoms with E-state index in [1.165, 1.54) is 0 Å². The van der Waals surface area contributed by atoms with Crippen LogP contribution in [0.3, 0.4) is 0 Å². The highest BCUT2D eigenvalue weighted by molar-refractivity contribution is 5.79. The molecule has 1 fully saturated rings. The Bertz CT molecular complexity index is 621. The number of rotatable bonds is 11. The Labute approximate surface area is 174 Å². The molecule has 0 amide bonds. The van der Waals surface area contributed by atoms with Crippen molar-refractivity contribution in [3.63, 3.8) is 0 Å². The molecule has 0 radical (unpaired) electrons. The lowest BCUT2D eigenvalue weighted by Crippen LogP contribution is -2.46. The summed E-state index contributed by atoms with van der Waals surface area (Å²) >= 11 is 0. The summed E-state index contributed by atoms with van der Waals surface area (Å²) in [5.74, 6) is 0.535. The first-order chi connectivity index (χ1) is 14.2. The molecule has 2 rings (SSSR count). The third kappa shape index (κ3) is 8.16. The molecule has 1 aromatic rings. The maximum atomic E-state index is 14.6. The van der Waals surface area contributed by atoms with Crippen molar-refractivity contribution in [2.45, 2.75) is 19.9 Å². The molecule has 8 heteroatoms. The molecule has 0 saturated carbocycles. The summed E-state index contributed by atoms with van der Waals surface area (Å²) < 4.78 is 25.0. The van der Waals surface area contributed by atoms with Gasteiger partial charge >= 0.3 is 0 Å². The van der Waals surface area contributed by atoms with Crippen LogP contribution in [0.1, 0.15) is 18.9 Å². The first-order valence-electron chi connectivity index (χ1n) is 10.4. The van der Waals surface area contributed by atoms with Crippen LogP contribution in [0.15, 0.2) is 23.2 Å². The molecule has 0 spiro atoms. The van der Waals surface area contributed by atoms with Gasteiger partial charge in [0, 0.05) is 60.0 Å². The zero-order valence-corrected chi connectivity index (χ0v) is 18.0. The number of anilines is 1. The van der Waals surface area contributed by atoms with Gasteiger partial charge in [-0.3, -0.25) is 4.99 Å². The molecule has 1 aromatic carbocycles. The fourth-order valence-electron chi connectivity index (χ4n) is 3.25. The first-order valence-corrected chi connectivity index (χ1v) is 10.4. The molecule has 1 saturated heterocycles. The Balaban J connectivity index is 1.73. The molecule has 0 atom stereocenters. The van der Waals surface area contributed by atoms with Gasteiger partial charge in [0.25, 0.3) is 0 Å². The SMILES string of the molecule is CCN1CCN(c2ccc(CNC(=NC)NCCCOCCOC)cc2F)CC1. The van der Waals surface area contributed by atoms with Gasteiger partial charge in [-0.2, -0.15) is 0 Å². The van der Waals surface area contributed by atoms with Gasteiger partial charge in [-0.1, -0.05) is 13.0 Å². The Hall–Kier alpha value is -1.90. The molecule has 29 heavy (non-hydrogen) atoms. The molecule has 0 bridgehead atoms. The van der Waals surface area contributed by atoms with E-state index in [9.17, 15) is 4.39 Å². The molecule has 0 aliphatic carbocycles. The maximum absolute atomic E-state index is 14.6. The number of methoxy groups -OCH3 is 1. The van der Waals surface area contributed by atoms with Gasteiger partial charge in [0.1, 0.15) is 5.82 Å². The van der Waals surface area contributed by atoms with E-state index in [1.54, 1.807) is 20.2 Å². The molecule has 1 aliphatic heterocycles. The summed E-state index contributed by atoms with van der Waals surface area (Å²) in [5, 5.41) is 6.47. The van der Waals surface area contributed by atoms with Crippen LogP contribution in [0.4, 0.5) is 10.1 Å². The van der Waals surface area contributed by atoms with Gasteiger partial charge < -0.3 is 29.9 Å². The van der Waals surface area contributed by atoms with Gasteiger partial charge in [0.15, 0.2) is 5.96 Å². The lowest BCUT2D eigenvalue weighted by molar-refractivity contribution is 0.0698. The van der Waals surface area contributed by atoms with E-state index in [1.807, 2.05) is 12.1 Å². The monoisotopic (exact) mass is 409 g/mol. The number of halogens is 1. The highest BCUT2D eigenvalue weighted by Gasteiger charge is 2.18. The first kappa shape index (κ1) is 23.4. The van der Waals surface area contributed by atoms with Gasteiger partial charge in [-0.25, -0.2) is 4.39 Å². The number of benzene rings is 1. The minimum atomic E-state index is -0.162. The number of hydrogen-bond acceptors (Lipinski definition) is 5. The zero-order chi connectivity index (χ0) is 20.9. The second-order valence-electron chi connectivity index (χ2n) is 7.02. The number of nitrogens with one attached hydrogen (secondary N) is 2. The molecule has 0 unspecified atom stereocenters. The van der Waals surface area contributed by atoms with Crippen molar-refractivity contribution < 1.29 is 13.9 Å². The van der Waals surface area contributed by atoms with E-state index in [0.29, 0.717) is 38.0 Å². The summed E-state index contributed by atoms with van der Waals surface area (Å²) in [6.07, 6.45) is 0.874. The van der Waals surface area contributed by atoms with Crippen LogP contribution >= 0.6 is 0 Å². The van der Waals surface area contributed by atoms with E-state index in [0.717, 1.165) is 51.3 Å². The average Bonchev–Trinajstić information content (AvgIpc) is 2.75. The second kappa shape index (κ2) is 13.3. The Morgan fingerprint density at radius 1 is 1.14 bits per heavy atom. The summed E-state index contributed by atoms with van der Waals surface area (Å²) in [6, 6.07) is 5.49. The standard InChI is InChI=1S/C21H36FN5O2/c1-4-26-9-11-27(12-10-26)20-7-6-18(16-19(20)22)17-25-21(23-2)24-8-5-13-29-15-14-28-3/h6-7,16H,4-5,8-15,17H2,1-3H3,(H2,23,24,25). The van der Waals surface area contributed by atoms with Gasteiger partial charge in [0.2, 0.25) is 0 Å². The van der Waals surface area contributed by atoms with Crippen molar-refractivity contribution in [1.29, 1.82) is 0 Å². The molecule has 2 N–H and O–H groups in total. The molecule has 1 aliphatic rings. The van der Waals surface area contributed by atoms with E-state index < -0.39 is 0 Å². The second-order valence-corrected chi connectivity index (χ2v) is 7.02. The molecule has 7 nitrogen and oxygen atoms in total. The predicted octanol–water partition coefficient (Wildman–Crippen LogP) is 1.69. The van der Waals surface area contributed by atoms with Crippen molar-refractivity contribution in [1.82, 2.24) is 15.5 Å². The van der Waals surface area contributed by atoms with Crippen LogP contribution in [-0.4, -0.2) is 84.1 Å². The van der Waals surface area contributed by atoms with Gasteiger partial charge in [0.05, 0.1) is 18.9 Å². The van der Waals surface area contributed by atoms with Crippen LogP contribution in [0, 0.1) is 5.82 Å². The minimum Gasteiger partial charge on any atom is -0.382 e. The lowest BCUT2D eigenvalue weighted by atomic mass is 10.1. The topological polar surface area (TPSA) is 61.4 Å². The van der Waals surface area contributed by atoms with Crippen molar-refractivity contribution in [3.05, 3.63) is 29.6 Å². The normalized spacial score (nSPS) is 15.6. The molecule has 0 aromatic heterocycles. The molecule has 164 valence electrons. The fraction of sp³-hybridized carbons (Fsp3) is 0.667. The van der Waals surface area contributed by atoms with Crippen LogP contribution in [0.5, 0.6) is 0 Å². The van der Waals surface area contributed by atoms with E-state index in [4.69, 9.17) is 9.47 Å². The number of hydrogen-bond donors (Lipinski definition) is 2.